The molecule has 2 N–H and O–H groups in total. The number of ether oxygens (including phenoxy) is 2. The SMILES string of the molecule is Cc1c(NCC2CCC(NC(=O)OC(C)(C)C)CC2)ccc(N2C[C@@H](C)O[C@H](C)C2)c1F. The van der Waals surface area contributed by atoms with Crippen LogP contribution in [0.5, 0.6) is 0 Å². The second-order valence-electron chi connectivity index (χ2n) is 10.5. The van der Waals surface area contributed by atoms with Crippen molar-refractivity contribution in [3.8, 4) is 0 Å². The van der Waals surface area contributed by atoms with E-state index in [-0.39, 0.29) is 30.2 Å². The van der Waals surface area contributed by atoms with Gasteiger partial charge >= 0.3 is 6.09 Å². The zero-order valence-corrected chi connectivity index (χ0v) is 20.5. The molecule has 0 unspecified atom stereocenters. The van der Waals surface area contributed by atoms with Gasteiger partial charge in [0.15, 0.2) is 5.82 Å². The highest BCUT2D eigenvalue weighted by atomic mass is 19.1. The number of alkyl carbamates (subject to hydrolysis) is 1. The van der Waals surface area contributed by atoms with Crippen LogP contribution in [0, 0.1) is 18.7 Å². The highest BCUT2D eigenvalue weighted by Gasteiger charge is 2.27. The van der Waals surface area contributed by atoms with E-state index in [0.29, 0.717) is 30.3 Å². The lowest BCUT2D eigenvalue weighted by Gasteiger charge is -2.37. The van der Waals surface area contributed by atoms with Gasteiger partial charge in [0.2, 0.25) is 0 Å². The van der Waals surface area contributed by atoms with Gasteiger partial charge in [0.1, 0.15) is 5.60 Å². The molecule has 0 spiro atoms. The minimum Gasteiger partial charge on any atom is -0.444 e. The lowest BCUT2D eigenvalue weighted by Crippen LogP contribution is -2.45. The number of anilines is 2. The Morgan fingerprint density at radius 1 is 1.16 bits per heavy atom. The molecule has 1 aliphatic heterocycles. The summed E-state index contributed by atoms with van der Waals surface area (Å²) in [5, 5.41) is 6.45. The molecule has 32 heavy (non-hydrogen) atoms. The molecule has 0 aromatic heterocycles. The standard InChI is InChI=1S/C25H40FN3O3/c1-16-14-29(15-17(2)31-16)22-12-11-21(18(3)23(22)26)27-13-19-7-9-20(10-8-19)28-24(30)32-25(4,5)6/h11-12,16-17,19-20,27H,7-10,13-15H2,1-6H3,(H,28,30)/t16-,17-,19?,20?/m1/s1. The summed E-state index contributed by atoms with van der Waals surface area (Å²) in [5.74, 6) is 0.358. The second-order valence-corrected chi connectivity index (χ2v) is 10.5. The van der Waals surface area contributed by atoms with Crippen LogP contribution in [-0.4, -0.2) is 49.6 Å². The van der Waals surface area contributed by atoms with Gasteiger partial charge in [-0.1, -0.05) is 0 Å². The zero-order valence-electron chi connectivity index (χ0n) is 20.5. The molecule has 1 aromatic rings. The number of carbonyl (C=O) groups is 1. The Morgan fingerprint density at radius 3 is 2.38 bits per heavy atom. The molecular weight excluding hydrogens is 409 g/mol. The molecule has 2 fully saturated rings. The van der Waals surface area contributed by atoms with Gasteiger partial charge in [-0.15, -0.1) is 0 Å². The van der Waals surface area contributed by atoms with Crippen LogP contribution in [0.2, 0.25) is 0 Å². The molecule has 7 heteroatoms. The summed E-state index contributed by atoms with van der Waals surface area (Å²) in [7, 11) is 0. The summed E-state index contributed by atoms with van der Waals surface area (Å²) in [6.07, 6.45) is 3.77. The van der Waals surface area contributed by atoms with Crippen LogP contribution in [0.15, 0.2) is 12.1 Å². The average Bonchev–Trinajstić information content (AvgIpc) is 2.68. The Labute approximate surface area is 192 Å². The third kappa shape index (κ3) is 6.74. The van der Waals surface area contributed by atoms with Gasteiger partial charge < -0.3 is 25.0 Å². The van der Waals surface area contributed by atoms with Gasteiger partial charge in [-0.25, -0.2) is 9.18 Å². The van der Waals surface area contributed by atoms with E-state index < -0.39 is 5.60 Å². The van der Waals surface area contributed by atoms with E-state index in [1.54, 1.807) is 0 Å². The van der Waals surface area contributed by atoms with Crippen molar-refractivity contribution in [2.75, 3.05) is 29.9 Å². The summed E-state index contributed by atoms with van der Waals surface area (Å²) in [6.45, 7) is 13.7. The number of halogens is 1. The molecule has 1 aromatic carbocycles. The first-order chi connectivity index (χ1) is 15.0. The number of hydrogen-bond acceptors (Lipinski definition) is 5. The maximum Gasteiger partial charge on any atom is 0.407 e. The van der Waals surface area contributed by atoms with E-state index in [4.69, 9.17) is 9.47 Å². The lowest BCUT2D eigenvalue weighted by molar-refractivity contribution is -0.00540. The summed E-state index contributed by atoms with van der Waals surface area (Å²) in [6, 6.07) is 4.04. The Kier molecular flexibility index (Phi) is 7.91. The number of carbonyl (C=O) groups excluding carboxylic acids is 1. The van der Waals surface area contributed by atoms with Crippen LogP contribution in [0.3, 0.4) is 0 Å². The quantitative estimate of drug-likeness (QED) is 0.643. The molecule has 2 atom stereocenters. The molecule has 2 aliphatic rings. The normalized spacial score (nSPS) is 26.5. The molecule has 1 heterocycles. The van der Waals surface area contributed by atoms with Gasteiger partial charge in [0, 0.05) is 36.9 Å². The first kappa shape index (κ1) is 24.6. The van der Waals surface area contributed by atoms with Crippen LogP contribution >= 0.6 is 0 Å². The predicted molar refractivity (Wildman–Crippen MR) is 127 cm³/mol. The number of morpholine rings is 1. The number of benzene rings is 1. The van der Waals surface area contributed by atoms with E-state index in [9.17, 15) is 4.79 Å². The molecule has 3 rings (SSSR count). The van der Waals surface area contributed by atoms with Crippen LogP contribution in [-0.2, 0) is 9.47 Å². The summed E-state index contributed by atoms with van der Waals surface area (Å²) in [4.78, 5) is 14.1. The molecule has 1 amide bonds. The van der Waals surface area contributed by atoms with Gasteiger partial charge in [0.25, 0.3) is 0 Å². The summed E-state index contributed by atoms with van der Waals surface area (Å²) < 4.78 is 26.3. The third-order valence-electron chi connectivity index (χ3n) is 6.28. The number of amides is 1. The molecule has 1 aliphatic carbocycles. The lowest BCUT2D eigenvalue weighted by atomic mass is 9.86. The fraction of sp³-hybridized carbons (Fsp3) is 0.720. The zero-order chi connectivity index (χ0) is 23.5. The smallest absolute Gasteiger partial charge is 0.407 e. The topological polar surface area (TPSA) is 62.8 Å². The number of hydrogen-bond donors (Lipinski definition) is 2. The second kappa shape index (κ2) is 10.3. The van der Waals surface area contributed by atoms with Crippen LogP contribution in [0.1, 0.15) is 65.9 Å². The first-order valence-electron chi connectivity index (χ1n) is 11.9. The van der Waals surface area contributed by atoms with Crippen molar-refractivity contribution in [2.45, 2.75) is 91.1 Å². The van der Waals surface area contributed by atoms with Crippen LogP contribution < -0.4 is 15.5 Å². The van der Waals surface area contributed by atoms with Crippen molar-refractivity contribution in [1.29, 1.82) is 0 Å². The minimum atomic E-state index is -0.480. The fourth-order valence-corrected chi connectivity index (χ4v) is 4.72. The van der Waals surface area contributed by atoms with E-state index in [0.717, 1.165) is 37.9 Å². The summed E-state index contributed by atoms with van der Waals surface area (Å²) >= 11 is 0. The van der Waals surface area contributed by atoms with Crippen molar-refractivity contribution in [3.05, 3.63) is 23.5 Å². The monoisotopic (exact) mass is 449 g/mol. The first-order valence-corrected chi connectivity index (χ1v) is 11.9. The molecule has 1 saturated carbocycles. The highest BCUT2D eigenvalue weighted by molar-refractivity contribution is 5.68. The summed E-state index contributed by atoms with van der Waals surface area (Å²) in [5.41, 5.74) is 1.69. The average molecular weight is 450 g/mol. The van der Waals surface area contributed by atoms with E-state index >= 15 is 4.39 Å². The fourth-order valence-electron chi connectivity index (χ4n) is 4.72. The van der Waals surface area contributed by atoms with Crippen molar-refractivity contribution in [1.82, 2.24) is 5.32 Å². The van der Waals surface area contributed by atoms with E-state index in [1.165, 1.54) is 0 Å². The van der Waals surface area contributed by atoms with Crippen molar-refractivity contribution >= 4 is 17.5 Å². The number of nitrogens with zero attached hydrogens (tertiary/aromatic N) is 1. The van der Waals surface area contributed by atoms with E-state index in [2.05, 4.69) is 15.5 Å². The highest BCUT2D eigenvalue weighted by Crippen LogP contribution is 2.31. The number of rotatable bonds is 5. The maximum atomic E-state index is 15.2. The third-order valence-corrected chi connectivity index (χ3v) is 6.28. The van der Waals surface area contributed by atoms with Gasteiger partial charge in [0.05, 0.1) is 17.9 Å². The largest absolute Gasteiger partial charge is 0.444 e. The molecule has 1 saturated heterocycles. The Balaban J connectivity index is 1.49. The minimum absolute atomic E-state index is 0.0937. The van der Waals surface area contributed by atoms with Crippen molar-refractivity contribution in [3.63, 3.8) is 0 Å². The maximum absolute atomic E-state index is 15.2. The van der Waals surface area contributed by atoms with Gasteiger partial charge in [-0.3, -0.25) is 0 Å². The number of nitrogens with one attached hydrogen (secondary N) is 2. The molecule has 0 bridgehead atoms. The van der Waals surface area contributed by atoms with Crippen LogP contribution in [0.25, 0.3) is 0 Å². The predicted octanol–water partition coefficient (Wildman–Crippen LogP) is 5.24. The van der Waals surface area contributed by atoms with E-state index in [1.807, 2.05) is 53.7 Å². The Bertz CT molecular complexity index is 777. The Hall–Kier alpha value is -2.02. The Morgan fingerprint density at radius 2 is 1.78 bits per heavy atom. The van der Waals surface area contributed by atoms with Crippen molar-refractivity contribution < 1.29 is 18.7 Å². The molecule has 180 valence electrons. The molecular formula is C25H40FN3O3. The molecule has 6 nitrogen and oxygen atoms in total. The van der Waals surface area contributed by atoms with Gasteiger partial charge in [-0.2, -0.15) is 0 Å². The van der Waals surface area contributed by atoms with Crippen LogP contribution in [0.4, 0.5) is 20.6 Å². The van der Waals surface area contributed by atoms with Gasteiger partial charge in [-0.05, 0) is 85.3 Å². The molecule has 0 radical (unpaired) electrons. The van der Waals surface area contributed by atoms with Crippen molar-refractivity contribution in [2.24, 2.45) is 5.92 Å².